The number of amides is 1. The lowest BCUT2D eigenvalue weighted by atomic mass is 10.0. The van der Waals surface area contributed by atoms with Crippen molar-refractivity contribution < 1.29 is 22.7 Å². The third-order valence-electron chi connectivity index (χ3n) is 5.95. The number of hydrogen-bond acceptors (Lipinski definition) is 6. The number of ether oxygens (including phenoxy) is 2. The topological polar surface area (TPSA) is 84.9 Å². The molecule has 5 rings (SSSR count). The highest BCUT2D eigenvalue weighted by molar-refractivity contribution is 7.92. The maximum absolute atomic E-state index is 13.1. The van der Waals surface area contributed by atoms with Crippen LogP contribution >= 0.6 is 11.3 Å². The van der Waals surface area contributed by atoms with Crippen molar-refractivity contribution in [3.63, 3.8) is 0 Å². The van der Waals surface area contributed by atoms with Crippen molar-refractivity contribution in [1.82, 2.24) is 4.90 Å². The highest BCUT2D eigenvalue weighted by atomic mass is 32.2. The Morgan fingerprint density at radius 3 is 2.61 bits per heavy atom. The normalized spacial score (nSPS) is 17.7. The minimum Gasteiger partial charge on any atom is -0.490 e. The summed E-state index contributed by atoms with van der Waals surface area (Å²) >= 11 is 1.73. The zero-order valence-corrected chi connectivity index (χ0v) is 19.7. The second-order valence-electron chi connectivity index (χ2n) is 8.07. The van der Waals surface area contributed by atoms with Crippen molar-refractivity contribution in [2.24, 2.45) is 0 Å². The first kappa shape index (κ1) is 21.8. The van der Waals surface area contributed by atoms with E-state index in [1.54, 1.807) is 41.7 Å². The van der Waals surface area contributed by atoms with Crippen LogP contribution in [-0.2, 0) is 16.4 Å². The molecule has 1 aromatic heterocycles. The van der Waals surface area contributed by atoms with E-state index in [0.29, 0.717) is 42.5 Å². The predicted octanol–water partition coefficient (Wildman–Crippen LogP) is 4.47. The summed E-state index contributed by atoms with van der Waals surface area (Å²) in [7, 11) is -3.83. The predicted molar refractivity (Wildman–Crippen MR) is 127 cm³/mol. The molecule has 0 aliphatic carbocycles. The number of nitrogens with one attached hydrogen (secondary N) is 1. The number of anilines is 1. The summed E-state index contributed by atoms with van der Waals surface area (Å²) in [5, 5.41) is 2.07. The quantitative estimate of drug-likeness (QED) is 0.591. The van der Waals surface area contributed by atoms with E-state index in [1.165, 1.54) is 22.6 Å². The highest BCUT2D eigenvalue weighted by Gasteiger charge is 2.29. The van der Waals surface area contributed by atoms with Crippen LogP contribution in [0.2, 0.25) is 0 Å². The van der Waals surface area contributed by atoms with Gasteiger partial charge in [-0.1, -0.05) is 0 Å². The Hall–Kier alpha value is -3.04. The van der Waals surface area contributed by atoms with Gasteiger partial charge in [-0.2, -0.15) is 0 Å². The standard InChI is InChI=1S/C24H24N2O5S2/c1-16-20-10-14-32-23(20)9-11-26(16)24(27)17-3-5-18(6-4-17)25-33(28,29)19-7-8-21-22(15-19)31-13-2-12-30-21/h3-8,10,14-16,25H,2,9,11-13H2,1H3/t16-/m1/s1. The van der Waals surface area contributed by atoms with Crippen LogP contribution in [0.15, 0.2) is 58.8 Å². The molecule has 0 fully saturated rings. The minimum absolute atomic E-state index is 0.0186. The van der Waals surface area contributed by atoms with Crippen molar-refractivity contribution >= 4 is 33.0 Å². The largest absolute Gasteiger partial charge is 0.490 e. The molecule has 0 radical (unpaired) electrons. The molecule has 7 nitrogen and oxygen atoms in total. The number of carbonyl (C=O) groups excluding carboxylic acids is 1. The van der Waals surface area contributed by atoms with Gasteiger partial charge in [-0.25, -0.2) is 8.42 Å². The molecule has 0 unspecified atom stereocenters. The lowest BCUT2D eigenvalue weighted by molar-refractivity contribution is 0.0679. The number of fused-ring (bicyclic) bond motifs is 2. The monoisotopic (exact) mass is 484 g/mol. The first-order valence-corrected chi connectivity index (χ1v) is 13.2. The summed E-state index contributed by atoms with van der Waals surface area (Å²) in [5.41, 5.74) is 2.11. The van der Waals surface area contributed by atoms with E-state index < -0.39 is 10.0 Å². The average molecular weight is 485 g/mol. The van der Waals surface area contributed by atoms with E-state index in [2.05, 4.69) is 16.2 Å². The minimum atomic E-state index is -3.83. The fourth-order valence-corrected chi connectivity index (χ4v) is 6.19. The zero-order chi connectivity index (χ0) is 23.0. The van der Waals surface area contributed by atoms with Gasteiger partial charge in [0.2, 0.25) is 0 Å². The molecule has 172 valence electrons. The number of carbonyl (C=O) groups is 1. The van der Waals surface area contributed by atoms with Gasteiger partial charge in [0.25, 0.3) is 15.9 Å². The highest BCUT2D eigenvalue weighted by Crippen LogP contribution is 2.34. The first-order chi connectivity index (χ1) is 15.9. The van der Waals surface area contributed by atoms with Crippen LogP contribution in [0.4, 0.5) is 5.69 Å². The van der Waals surface area contributed by atoms with Gasteiger partial charge >= 0.3 is 0 Å². The van der Waals surface area contributed by atoms with E-state index in [1.807, 2.05) is 11.8 Å². The summed E-state index contributed by atoms with van der Waals surface area (Å²) in [4.78, 5) is 16.4. The zero-order valence-electron chi connectivity index (χ0n) is 18.1. The van der Waals surface area contributed by atoms with E-state index in [0.717, 1.165) is 12.8 Å². The van der Waals surface area contributed by atoms with Gasteiger partial charge in [0.1, 0.15) is 0 Å². The Bertz CT molecular complexity index is 1280. The molecule has 3 aromatic rings. The summed E-state index contributed by atoms with van der Waals surface area (Å²) in [6, 6.07) is 13.2. The van der Waals surface area contributed by atoms with E-state index in [-0.39, 0.29) is 16.8 Å². The summed E-state index contributed by atoms with van der Waals surface area (Å²) < 4.78 is 39.5. The second kappa shape index (κ2) is 8.72. The molecule has 1 atom stereocenters. The van der Waals surface area contributed by atoms with Crippen LogP contribution in [0.5, 0.6) is 11.5 Å². The molecule has 3 heterocycles. The molecular weight excluding hydrogens is 460 g/mol. The van der Waals surface area contributed by atoms with Crippen LogP contribution in [0, 0.1) is 0 Å². The van der Waals surface area contributed by atoms with Crippen LogP contribution in [0.1, 0.15) is 40.2 Å². The number of sulfonamides is 1. The second-order valence-corrected chi connectivity index (χ2v) is 10.7. The Kier molecular flexibility index (Phi) is 5.76. The van der Waals surface area contributed by atoms with Crippen LogP contribution in [0.25, 0.3) is 0 Å². The van der Waals surface area contributed by atoms with Crippen molar-refractivity contribution in [3.05, 3.63) is 69.9 Å². The number of benzene rings is 2. The van der Waals surface area contributed by atoms with Crippen molar-refractivity contribution in [2.45, 2.75) is 30.7 Å². The summed E-state index contributed by atoms with van der Waals surface area (Å²) in [5.74, 6) is 0.897. The van der Waals surface area contributed by atoms with E-state index in [4.69, 9.17) is 9.47 Å². The molecule has 9 heteroatoms. The number of nitrogens with zero attached hydrogens (tertiary/aromatic N) is 1. The van der Waals surface area contributed by atoms with Gasteiger partial charge in [-0.15, -0.1) is 11.3 Å². The smallest absolute Gasteiger partial charge is 0.262 e. The maximum Gasteiger partial charge on any atom is 0.262 e. The van der Waals surface area contributed by atoms with Gasteiger partial charge in [-0.3, -0.25) is 9.52 Å². The third-order valence-corrected chi connectivity index (χ3v) is 8.33. The molecule has 33 heavy (non-hydrogen) atoms. The molecule has 0 saturated carbocycles. The number of thiophene rings is 1. The number of hydrogen-bond donors (Lipinski definition) is 1. The molecule has 0 spiro atoms. The van der Waals surface area contributed by atoms with Crippen molar-refractivity contribution in [1.29, 1.82) is 0 Å². The Morgan fingerprint density at radius 2 is 1.82 bits per heavy atom. The van der Waals surface area contributed by atoms with Crippen molar-refractivity contribution in [2.75, 3.05) is 24.5 Å². The molecule has 1 amide bonds. The van der Waals surface area contributed by atoms with Crippen LogP contribution in [0.3, 0.4) is 0 Å². The van der Waals surface area contributed by atoms with Crippen molar-refractivity contribution in [3.8, 4) is 11.5 Å². The summed E-state index contributed by atoms with van der Waals surface area (Å²) in [6.07, 6.45) is 1.60. The van der Waals surface area contributed by atoms with Crippen LogP contribution in [-0.4, -0.2) is 39.0 Å². The van der Waals surface area contributed by atoms with Gasteiger partial charge < -0.3 is 14.4 Å². The molecule has 2 aromatic carbocycles. The third kappa shape index (κ3) is 4.30. The van der Waals surface area contributed by atoms with Gasteiger partial charge in [-0.05, 0) is 66.8 Å². The molecule has 2 aliphatic rings. The van der Waals surface area contributed by atoms with Gasteiger partial charge in [0.15, 0.2) is 11.5 Å². The van der Waals surface area contributed by atoms with E-state index >= 15 is 0 Å². The lowest BCUT2D eigenvalue weighted by Crippen LogP contribution is -2.38. The maximum atomic E-state index is 13.1. The SMILES string of the molecule is C[C@@H]1c2ccsc2CCN1C(=O)c1ccc(NS(=O)(=O)c2ccc3c(c2)OCCCO3)cc1. The Balaban J connectivity index is 1.31. The fraction of sp³-hybridized carbons (Fsp3) is 0.292. The summed E-state index contributed by atoms with van der Waals surface area (Å²) in [6.45, 7) is 3.72. The fourth-order valence-electron chi connectivity index (χ4n) is 4.16. The van der Waals surface area contributed by atoms with Gasteiger partial charge in [0, 0.05) is 35.2 Å². The average Bonchev–Trinajstić information content (AvgIpc) is 3.17. The Morgan fingerprint density at radius 1 is 1.06 bits per heavy atom. The Labute approximate surface area is 197 Å². The molecule has 2 aliphatic heterocycles. The molecule has 0 bridgehead atoms. The molecular formula is C24H24N2O5S2. The van der Waals surface area contributed by atoms with Crippen LogP contribution < -0.4 is 14.2 Å². The number of rotatable bonds is 4. The molecule has 0 saturated heterocycles. The molecule has 1 N–H and O–H groups in total. The van der Waals surface area contributed by atoms with E-state index in [9.17, 15) is 13.2 Å². The van der Waals surface area contributed by atoms with Gasteiger partial charge in [0.05, 0.1) is 24.2 Å². The lowest BCUT2D eigenvalue weighted by Gasteiger charge is -2.33. The first-order valence-electron chi connectivity index (χ1n) is 10.8.